The summed E-state index contributed by atoms with van der Waals surface area (Å²) in [4.78, 5) is 8.62. The van der Waals surface area contributed by atoms with Crippen molar-refractivity contribution in [3.63, 3.8) is 0 Å². The highest BCUT2D eigenvalue weighted by molar-refractivity contribution is 5.80. The summed E-state index contributed by atoms with van der Waals surface area (Å²) in [6, 6.07) is 15.9. The van der Waals surface area contributed by atoms with Gasteiger partial charge in [0, 0.05) is 24.7 Å². The lowest BCUT2D eigenvalue weighted by Crippen LogP contribution is -2.23. The van der Waals surface area contributed by atoms with Crippen LogP contribution in [0.2, 0.25) is 0 Å². The summed E-state index contributed by atoms with van der Waals surface area (Å²) in [5.74, 6) is 7.78. The zero-order valence-electron chi connectivity index (χ0n) is 18.9. The Morgan fingerprint density at radius 3 is 2.85 bits per heavy atom. The molecule has 0 saturated heterocycles. The predicted molar refractivity (Wildman–Crippen MR) is 137 cm³/mol. The van der Waals surface area contributed by atoms with Crippen molar-refractivity contribution in [2.24, 2.45) is 16.6 Å². The number of benzene rings is 2. The number of ether oxygens (including phenoxy) is 1. The van der Waals surface area contributed by atoms with Gasteiger partial charge in [-0.1, -0.05) is 24.3 Å². The molecule has 0 radical (unpaired) electrons. The van der Waals surface area contributed by atoms with Crippen LogP contribution < -0.4 is 38.5 Å². The SMILES string of the molecule is NC=C(C=NCc1cccc(Oc2cccc3c2CNCC3)c1)Cc1cc(N)nc(NN)c1N. The number of hydrogen-bond donors (Lipinski definition) is 6. The maximum absolute atomic E-state index is 6.22. The Balaban J connectivity index is 1.43. The van der Waals surface area contributed by atoms with Crippen LogP contribution in [0.1, 0.15) is 22.3 Å². The van der Waals surface area contributed by atoms with Crippen molar-refractivity contribution in [2.45, 2.75) is 25.9 Å². The Morgan fingerprint density at radius 1 is 1.18 bits per heavy atom. The van der Waals surface area contributed by atoms with Gasteiger partial charge in [0.2, 0.25) is 0 Å². The van der Waals surface area contributed by atoms with Gasteiger partial charge in [0.1, 0.15) is 17.3 Å². The summed E-state index contributed by atoms with van der Waals surface area (Å²) >= 11 is 0. The molecule has 0 atom stereocenters. The summed E-state index contributed by atoms with van der Waals surface area (Å²) in [6.45, 7) is 2.29. The molecule has 2 heterocycles. The van der Waals surface area contributed by atoms with Crippen molar-refractivity contribution >= 4 is 23.5 Å². The van der Waals surface area contributed by atoms with Crippen LogP contribution in [0, 0.1) is 0 Å². The first-order valence-corrected chi connectivity index (χ1v) is 11.1. The number of hydrogen-bond acceptors (Lipinski definition) is 9. The predicted octanol–water partition coefficient (Wildman–Crippen LogP) is 2.63. The lowest BCUT2D eigenvalue weighted by atomic mass is 10.0. The Labute approximate surface area is 198 Å². The van der Waals surface area contributed by atoms with Gasteiger partial charge in [0.25, 0.3) is 0 Å². The number of nitrogens with one attached hydrogen (secondary N) is 2. The first kappa shape index (κ1) is 23.1. The fourth-order valence-electron chi connectivity index (χ4n) is 3.93. The minimum atomic E-state index is 0.317. The average Bonchev–Trinajstić information content (AvgIpc) is 2.85. The molecule has 0 aliphatic carbocycles. The zero-order valence-corrected chi connectivity index (χ0v) is 18.9. The number of anilines is 3. The number of fused-ring (bicyclic) bond motifs is 1. The van der Waals surface area contributed by atoms with E-state index in [1.165, 1.54) is 17.3 Å². The molecule has 1 aliphatic heterocycles. The third kappa shape index (κ3) is 5.45. The van der Waals surface area contributed by atoms with E-state index in [0.717, 1.165) is 47.7 Å². The summed E-state index contributed by atoms with van der Waals surface area (Å²) < 4.78 is 6.22. The lowest BCUT2D eigenvalue weighted by Gasteiger charge is -2.20. The molecule has 34 heavy (non-hydrogen) atoms. The van der Waals surface area contributed by atoms with Gasteiger partial charge in [-0.3, -0.25) is 4.99 Å². The summed E-state index contributed by atoms with van der Waals surface area (Å²) in [7, 11) is 0. The molecule has 0 bridgehead atoms. The molecule has 9 heteroatoms. The number of nitrogens with two attached hydrogens (primary N) is 4. The molecule has 0 amide bonds. The number of allylic oxidation sites excluding steroid dienone is 1. The van der Waals surface area contributed by atoms with E-state index in [4.69, 9.17) is 27.8 Å². The second-order valence-corrected chi connectivity index (χ2v) is 8.07. The van der Waals surface area contributed by atoms with Crippen molar-refractivity contribution in [1.29, 1.82) is 0 Å². The van der Waals surface area contributed by atoms with Gasteiger partial charge in [-0.2, -0.15) is 0 Å². The van der Waals surface area contributed by atoms with E-state index in [2.05, 4.69) is 26.8 Å². The summed E-state index contributed by atoms with van der Waals surface area (Å²) in [5.41, 5.74) is 25.8. The van der Waals surface area contributed by atoms with Gasteiger partial charge >= 0.3 is 0 Å². The van der Waals surface area contributed by atoms with Crippen molar-refractivity contribution < 1.29 is 4.74 Å². The topological polar surface area (TPSA) is 163 Å². The van der Waals surface area contributed by atoms with Crippen LogP contribution in [-0.4, -0.2) is 17.7 Å². The first-order chi connectivity index (χ1) is 16.6. The lowest BCUT2D eigenvalue weighted by molar-refractivity contribution is 0.467. The molecule has 1 aromatic heterocycles. The fourth-order valence-corrected chi connectivity index (χ4v) is 3.93. The third-order valence-electron chi connectivity index (χ3n) is 5.67. The fraction of sp³-hybridized carbons (Fsp3) is 0.200. The number of nitrogen functional groups attached to an aromatic ring is 3. The molecule has 3 aromatic rings. The van der Waals surface area contributed by atoms with Crippen molar-refractivity contribution in [2.75, 3.05) is 23.4 Å². The molecule has 176 valence electrons. The van der Waals surface area contributed by atoms with Crippen molar-refractivity contribution in [3.8, 4) is 11.5 Å². The number of aliphatic imine (C=N–C) groups is 1. The molecular weight excluding hydrogens is 428 g/mol. The van der Waals surface area contributed by atoms with E-state index in [0.29, 0.717) is 30.3 Å². The molecule has 0 unspecified atom stereocenters. The monoisotopic (exact) mass is 458 g/mol. The van der Waals surface area contributed by atoms with Gasteiger partial charge in [-0.25, -0.2) is 10.8 Å². The number of hydrazine groups is 1. The van der Waals surface area contributed by atoms with E-state index < -0.39 is 0 Å². The van der Waals surface area contributed by atoms with E-state index in [9.17, 15) is 0 Å². The standard InChI is InChI=1S/C25H30N8O/c26-12-17(9-19-11-23(27)32-25(33-29)24(19)28)14-31-13-16-3-1-5-20(10-16)34-22-6-2-4-18-7-8-30-15-21(18)22/h1-6,10-12,14,30H,7-9,13,15,26,28-29H2,(H3,27,32,33). The van der Waals surface area contributed by atoms with Crippen LogP contribution in [0.15, 0.2) is 65.3 Å². The third-order valence-corrected chi connectivity index (χ3v) is 5.67. The Hall–Kier alpha value is -4.08. The van der Waals surface area contributed by atoms with Crippen LogP contribution in [0.3, 0.4) is 0 Å². The van der Waals surface area contributed by atoms with Crippen molar-refractivity contribution in [3.05, 3.63) is 82.6 Å². The number of nitrogens with zero attached hydrogens (tertiary/aromatic N) is 2. The Kier molecular flexibility index (Phi) is 7.26. The highest BCUT2D eigenvalue weighted by Gasteiger charge is 2.14. The van der Waals surface area contributed by atoms with Gasteiger partial charge in [-0.15, -0.1) is 0 Å². The van der Waals surface area contributed by atoms with E-state index in [1.807, 2.05) is 36.4 Å². The largest absolute Gasteiger partial charge is 0.457 e. The molecule has 0 fully saturated rings. The van der Waals surface area contributed by atoms with E-state index in [-0.39, 0.29) is 0 Å². The van der Waals surface area contributed by atoms with E-state index in [1.54, 1.807) is 12.3 Å². The van der Waals surface area contributed by atoms with Crippen LogP contribution in [0.25, 0.3) is 0 Å². The second kappa shape index (κ2) is 10.7. The number of rotatable bonds is 8. The highest BCUT2D eigenvalue weighted by Crippen LogP contribution is 2.30. The molecule has 1 aliphatic rings. The van der Waals surface area contributed by atoms with E-state index >= 15 is 0 Å². The highest BCUT2D eigenvalue weighted by atomic mass is 16.5. The number of aromatic nitrogens is 1. The summed E-state index contributed by atoms with van der Waals surface area (Å²) in [5, 5.41) is 3.41. The average molecular weight is 459 g/mol. The molecule has 9 nitrogen and oxygen atoms in total. The molecule has 0 spiro atoms. The molecule has 4 rings (SSSR count). The molecular formula is C25H30N8O. The van der Waals surface area contributed by atoms with Gasteiger partial charge < -0.3 is 32.7 Å². The molecule has 0 saturated carbocycles. The second-order valence-electron chi connectivity index (χ2n) is 8.07. The van der Waals surface area contributed by atoms with Crippen LogP contribution in [0.4, 0.5) is 17.3 Å². The molecule has 2 aromatic carbocycles. The molecule has 10 N–H and O–H groups in total. The summed E-state index contributed by atoms with van der Waals surface area (Å²) in [6.07, 6.45) is 4.70. The van der Waals surface area contributed by atoms with Crippen molar-refractivity contribution in [1.82, 2.24) is 10.3 Å². The normalized spacial score (nSPS) is 13.6. The van der Waals surface area contributed by atoms with Gasteiger partial charge in [-0.05, 0) is 65.7 Å². The Morgan fingerprint density at radius 2 is 2.03 bits per heavy atom. The van der Waals surface area contributed by atoms with Crippen LogP contribution >= 0.6 is 0 Å². The number of pyridine rings is 1. The first-order valence-electron chi connectivity index (χ1n) is 11.1. The van der Waals surface area contributed by atoms with Gasteiger partial charge in [0.05, 0.1) is 12.2 Å². The minimum absolute atomic E-state index is 0.317. The maximum Gasteiger partial charge on any atom is 0.165 e. The smallest absolute Gasteiger partial charge is 0.165 e. The maximum atomic E-state index is 6.22. The minimum Gasteiger partial charge on any atom is -0.457 e. The quantitative estimate of drug-likeness (QED) is 0.170. The Bertz CT molecular complexity index is 1220. The zero-order chi connectivity index (χ0) is 23.9. The van der Waals surface area contributed by atoms with Crippen LogP contribution in [0.5, 0.6) is 11.5 Å². The van der Waals surface area contributed by atoms with Crippen LogP contribution in [-0.2, 0) is 25.9 Å². The van der Waals surface area contributed by atoms with Gasteiger partial charge in [0.15, 0.2) is 5.82 Å².